The van der Waals surface area contributed by atoms with E-state index in [0.29, 0.717) is 37.0 Å². The van der Waals surface area contributed by atoms with Crippen molar-refractivity contribution in [2.45, 2.75) is 194 Å². The van der Waals surface area contributed by atoms with Gasteiger partial charge in [0.2, 0.25) is 0 Å². The second-order valence-corrected chi connectivity index (χ2v) is 32.9. The van der Waals surface area contributed by atoms with Crippen LogP contribution in [0.2, 0.25) is 0 Å². The number of aliphatic carboxylic acids is 1. The molecular formula is C83H102N2O5. The van der Waals surface area contributed by atoms with E-state index in [1.807, 2.05) is 0 Å². The summed E-state index contributed by atoms with van der Waals surface area (Å²) in [6, 6.07) is 29.9. The summed E-state index contributed by atoms with van der Waals surface area (Å²) in [5.74, 6) is 1.74. The smallest absolute Gasteiger partial charge is 0.307 e. The Morgan fingerprint density at radius 2 is 1.62 bits per heavy atom. The predicted molar refractivity (Wildman–Crippen MR) is 361 cm³/mol. The first kappa shape index (κ1) is 59.4. The Bertz CT molecular complexity index is 3740. The summed E-state index contributed by atoms with van der Waals surface area (Å²) >= 11 is 0. The molecule has 6 aliphatic heterocycles. The Morgan fingerprint density at radius 1 is 0.800 bits per heavy atom. The first-order chi connectivity index (χ1) is 43.6. The van der Waals surface area contributed by atoms with Crippen molar-refractivity contribution in [3.63, 3.8) is 0 Å². The predicted octanol–water partition coefficient (Wildman–Crippen LogP) is 15.8. The number of nitrogens with one attached hydrogen (secondary N) is 2. The average Bonchev–Trinajstić information content (AvgIpc) is 1.21. The third kappa shape index (κ3) is 8.50. The molecule has 0 aromatic heterocycles. The van der Waals surface area contributed by atoms with E-state index in [1.54, 1.807) is 16.7 Å². The molecule has 474 valence electrons. The van der Waals surface area contributed by atoms with E-state index in [-0.39, 0.29) is 45.8 Å². The van der Waals surface area contributed by atoms with Gasteiger partial charge in [0.05, 0.1) is 30.2 Å². The lowest BCUT2D eigenvalue weighted by atomic mass is 9.29. The van der Waals surface area contributed by atoms with Crippen LogP contribution in [0, 0.1) is 91.2 Å². The van der Waals surface area contributed by atoms with Gasteiger partial charge in [-0.2, -0.15) is 0 Å². The van der Waals surface area contributed by atoms with Gasteiger partial charge in [-0.15, -0.1) is 0 Å². The molecule has 16 atom stereocenters. The quantitative estimate of drug-likeness (QED) is 0.107. The lowest BCUT2D eigenvalue weighted by Crippen LogP contribution is -2.69. The summed E-state index contributed by atoms with van der Waals surface area (Å²) in [5.41, 5.74) is 11.0. The first-order valence-electron chi connectivity index (χ1n) is 36.2. The second-order valence-electron chi connectivity index (χ2n) is 32.9. The number of carboxylic acid groups (broad SMARTS) is 1. The van der Waals surface area contributed by atoms with Crippen LogP contribution in [0.4, 0.5) is 0 Å². The summed E-state index contributed by atoms with van der Waals surface area (Å²) in [6.45, 7) is 11.4. The third-order valence-electron chi connectivity index (χ3n) is 28.9. The highest BCUT2D eigenvalue weighted by Gasteiger charge is 2.81. The molecule has 0 radical (unpaired) electrons. The average molecular weight is 1210 g/mol. The van der Waals surface area contributed by atoms with Gasteiger partial charge in [-0.3, -0.25) is 4.79 Å². The minimum Gasteiger partial charge on any atom is -0.516 e. The highest BCUT2D eigenvalue weighted by atomic mass is 16.4. The van der Waals surface area contributed by atoms with Crippen molar-refractivity contribution in [1.29, 1.82) is 0 Å². The second kappa shape index (κ2) is 22.0. The van der Waals surface area contributed by atoms with Gasteiger partial charge >= 0.3 is 5.97 Å². The number of dihydropyridines is 1. The van der Waals surface area contributed by atoms with Crippen molar-refractivity contribution in [1.82, 2.24) is 10.6 Å². The van der Waals surface area contributed by atoms with Crippen LogP contribution in [-0.2, 0) is 17.6 Å². The fraction of sp³-hybridized carbons (Fsp3) is 0.578. The SMILES string of the molecule is CC(C)CC1=CC[C@]2(C)[C@@H](O)CC[C@@]34C5=C6C[C@@]1(C=C1C(=c7ccccc7=C[C@@H]13)Cc1cccc(c1)C1=CC=C(NCCC[C@@H](C3CCCCC3)/C(=C/O)CC[C@@H](C(=O)O)[C@@]37C=C[C@H]8[C@@H](CC[C@@]89CC[C@@H](Cc8ccccc8)C9)[C@@]6(C[C@H]3O)[C@]7(C)CC5)NC1)[C@@H]24. The maximum Gasteiger partial charge on any atom is 0.307 e. The van der Waals surface area contributed by atoms with Gasteiger partial charge in [0.15, 0.2) is 0 Å². The minimum absolute atomic E-state index is 0.0757. The molecule has 7 nitrogen and oxygen atoms in total. The van der Waals surface area contributed by atoms with Crippen molar-refractivity contribution >= 4 is 23.2 Å². The Hall–Kier alpha value is -5.63. The molecule has 3 spiro atoms. The zero-order valence-electron chi connectivity index (χ0n) is 54.6. The number of carbonyl (C=O) groups is 1. The molecule has 11 aliphatic carbocycles. The van der Waals surface area contributed by atoms with Gasteiger partial charge in [-0.1, -0.05) is 179 Å². The molecule has 17 aliphatic rings. The van der Waals surface area contributed by atoms with Gasteiger partial charge in [-0.25, -0.2) is 0 Å². The van der Waals surface area contributed by atoms with Crippen LogP contribution < -0.4 is 21.1 Å². The number of carboxylic acids is 1. The van der Waals surface area contributed by atoms with Gasteiger partial charge in [-0.05, 0) is 243 Å². The standard InChI is InChI=1S/C83H102N2O5/c1-52(2)41-61-29-34-77(3)72(87)33-38-81-67-30-35-78(4)82-39-32-66-68(31-37-79(66)36-28-55(46-79)42-53-15-7-5-8-16-53)83(78,49-73(82)88)71(67)48-80(61,76(77)81)47-65-64(63-22-12-11-20-58(63)45-70(65)81)44-54-17-13-21-57(43-54)59-25-27-74(85-50-59)84-40-14-23-62(56-18-9-6-10-19-56)60(51-86)24-26-69(82)75(89)90/h5,7-8,11-13,15-17,20-22,25,27,29,32,39,43,45,47,51-52,55-56,62,66,68-70,72-73,76,84-88H,6,9-10,14,18-19,23-24,26,28,30-31,33-38,40-42,44,46,48-50H2,1-4H3,(H,89,90)/b60-51+/t55-,62-,66-,68+,69-,70-,72-,73+,76+,77+,78+,79+,80+,81+,82-,83+/m0/s1. The summed E-state index contributed by atoms with van der Waals surface area (Å²) < 4.78 is 0. The zero-order valence-corrected chi connectivity index (χ0v) is 54.6. The van der Waals surface area contributed by atoms with Crippen LogP contribution in [0.25, 0.3) is 17.2 Å². The maximum absolute atomic E-state index is 15.2. The topological polar surface area (TPSA) is 122 Å². The molecule has 6 heterocycles. The fourth-order valence-electron chi connectivity index (χ4n) is 25.5. The van der Waals surface area contributed by atoms with Gasteiger partial charge in [0.25, 0.3) is 0 Å². The van der Waals surface area contributed by atoms with Crippen molar-refractivity contribution in [2.75, 3.05) is 13.1 Å². The Kier molecular flexibility index (Phi) is 14.5. The van der Waals surface area contributed by atoms with E-state index in [2.05, 4.69) is 160 Å². The molecule has 5 fully saturated rings. The van der Waals surface area contributed by atoms with Crippen molar-refractivity contribution in [3.8, 4) is 0 Å². The summed E-state index contributed by atoms with van der Waals surface area (Å²) in [6.07, 6.45) is 41.1. The lowest BCUT2D eigenvalue weighted by Gasteiger charge is -2.74. The molecule has 3 aromatic rings. The highest BCUT2D eigenvalue weighted by Crippen LogP contribution is 2.86. The number of aliphatic hydroxyl groups is 3. The molecule has 7 heteroatoms. The van der Waals surface area contributed by atoms with Gasteiger partial charge in [0.1, 0.15) is 0 Å². The van der Waals surface area contributed by atoms with E-state index < -0.39 is 45.8 Å². The maximum atomic E-state index is 15.2. The van der Waals surface area contributed by atoms with Crippen LogP contribution >= 0.6 is 0 Å². The number of benzene rings is 3. The van der Waals surface area contributed by atoms with Crippen molar-refractivity contribution < 1.29 is 25.2 Å². The molecule has 3 aromatic carbocycles. The van der Waals surface area contributed by atoms with E-state index >= 15 is 4.79 Å². The van der Waals surface area contributed by atoms with Gasteiger partial charge < -0.3 is 31.1 Å². The third-order valence-corrected chi connectivity index (χ3v) is 28.9. The number of hydrogen-bond donors (Lipinski definition) is 6. The molecule has 0 unspecified atom stereocenters. The van der Waals surface area contributed by atoms with Crippen LogP contribution in [-0.4, -0.2) is 51.7 Å². The summed E-state index contributed by atoms with van der Waals surface area (Å²) in [4.78, 5) is 15.2. The minimum atomic E-state index is -1.05. The highest BCUT2D eigenvalue weighted by molar-refractivity contribution is 5.78. The van der Waals surface area contributed by atoms with E-state index in [9.17, 15) is 20.4 Å². The van der Waals surface area contributed by atoms with E-state index in [4.69, 9.17) is 0 Å². The number of hydrogen-bond acceptors (Lipinski definition) is 6. The van der Waals surface area contributed by atoms with Crippen molar-refractivity contribution in [2.24, 2.45) is 91.2 Å². The number of aliphatic hydroxyl groups excluding tert-OH is 3. The Morgan fingerprint density at radius 3 is 2.42 bits per heavy atom. The molecular weight excluding hydrogens is 1100 g/mol. The molecule has 0 amide bonds. The molecule has 0 saturated heterocycles. The summed E-state index contributed by atoms with van der Waals surface area (Å²) in [5, 5.41) is 61.5. The summed E-state index contributed by atoms with van der Waals surface area (Å²) in [7, 11) is 0. The zero-order chi connectivity index (χ0) is 61.6. The van der Waals surface area contributed by atoms with Crippen LogP contribution in [0.1, 0.15) is 186 Å². The molecule has 14 bridgehead atoms. The number of fused-ring (bicyclic) bond motifs is 3. The molecule has 6 N–H and O–H groups in total. The monoisotopic (exact) mass is 1210 g/mol. The van der Waals surface area contributed by atoms with E-state index in [1.165, 1.54) is 95.1 Å². The number of rotatable bonds is 6. The van der Waals surface area contributed by atoms with Gasteiger partial charge in [0, 0.05) is 46.1 Å². The fourth-order valence-corrected chi connectivity index (χ4v) is 25.5. The van der Waals surface area contributed by atoms with Crippen LogP contribution in [0.15, 0.2) is 155 Å². The van der Waals surface area contributed by atoms with E-state index in [0.717, 1.165) is 114 Å². The largest absolute Gasteiger partial charge is 0.516 e. The first-order valence-corrected chi connectivity index (χ1v) is 36.2. The molecule has 90 heavy (non-hydrogen) atoms. The Balaban J connectivity index is 0.936. The Labute approximate surface area is 536 Å². The van der Waals surface area contributed by atoms with Crippen LogP contribution in [0.3, 0.4) is 0 Å². The lowest BCUT2D eigenvalue weighted by molar-refractivity contribution is -0.171. The molecule has 20 rings (SSSR count). The van der Waals surface area contributed by atoms with Crippen LogP contribution in [0.5, 0.6) is 0 Å². The number of allylic oxidation sites excluding steroid dienone is 10. The van der Waals surface area contributed by atoms with Crippen molar-refractivity contribution in [3.05, 3.63) is 182 Å². The molecule has 5 saturated carbocycles. The normalized spacial score (nSPS) is 41.3.